The molecule has 1 aliphatic rings. The van der Waals surface area contributed by atoms with Gasteiger partial charge in [-0.25, -0.2) is 9.37 Å². The molecule has 3 aromatic rings. The molecule has 134 valence electrons. The molecule has 0 bridgehead atoms. The molecular formula is C20H21FN4O. The van der Waals surface area contributed by atoms with Crippen LogP contribution >= 0.6 is 0 Å². The van der Waals surface area contributed by atoms with Gasteiger partial charge in [0.15, 0.2) is 5.65 Å². The molecule has 0 N–H and O–H groups in total. The molecule has 1 fully saturated rings. The summed E-state index contributed by atoms with van der Waals surface area (Å²) in [5.74, 6) is -0.359. The van der Waals surface area contributed by atoms with Crippen LogP contribution in [0.25, 0.3) is 11.0 Å². The zero-order valence-corrected chi connectivity index (χ0v) is 15.2. The predicted octanol–water partition coefficient (Wildman–Crippen LogP) is 3.53. The van der Waals surface area contributed by atoms with Gasteiger partial charge in [0.1, 0.15) is 5.82 Å². The predicted molar refractivity (Wildman–Crippen MR) is 97.3 cm³/mol. The molecule has 0 atom stereocenters. The largest absolute Gasteiger partial charge is 0.331 e. The van der Waals surface area contributed by atoms with Gasteiger partial charge in [-0.2, -0.15) is 5.10 Å². The highest BCUT2D eigenvalue weighted by Crippen LogP contribution is 2.32. The molecule has 26 heavy (non-hydrogen) atoms. The normalized spacial score (nSPS) is 14.0. The first-order valence-corrected chi connectivity index (χ1v) is 8.81. The smallest absolute Gasteiger partial charge is 0.255 e. The molecule has 2 heterocycles. The average molecular weight is 352 g/mol. The van der Waals surface area contributed by atoms with E-state index >= 15 is 0 Å². The van der Waals surface area contributed by atoms with Crippen molar-refractivity contribution in [1.82, 2.24) is 19.7 Å². The van der Waals surface area contributed by atoms with Gasteiger partial charge in [0, 0.05) is 30.9 Å². The average Bonchev–Trinajstić information content (AvgIpc) is 3.40. The molecule has 0 spiro atoms. The van der Waals surface area contributed by atoms with Crippen LogP contribution in [0.4, 0.5) is 4.39 Å². The summed E-state index contributed by atoms with van der Waals surface area (Å²) in [4.78, 5) is 19.7. The van der Waals surface area contributed by atoms with Gasteiger partial charge in [-0.05, 0) is 38.8 Å². The van der Waals surface area contributed by atoms with Gasteiger partial charge in [-0.1, -0.05) is 18.2 Å². The van der Waals surface area contributed by atoms with Crippen LogP contribution in [0.15, 0.2) is 30.3 Å². The second-order valence-electron chi connectivity index (χ2n) is 6.97. The van der Waals surface area contributed by atoms with Crippen molar-refractivity contribution < 1.29 is 9.18 Å². The highest BCUT2D eigenvalue weighted by molar-refractivity contribution is 6.06. The van der Waals surface area contributed by atoms with Crippen molar-refractivity contribution in [3.8, 4) is 0 Å². The van der Waals surface area contributed by atoms with Crippen LogP contribution in [0, 0.1) is 19.7 Å². The number of aryl methyl sites for hydroxylation is 3. The molecule has 4 rings (SSSR count). The van der Waals surface area contributed by atoms with Gasteiger partial charge in [-0.3, -0.25) is 9.48 Å². The van der Waals surface area contributed by atoms with Crippen LogP contribution in [0.5, 0.6) is 0 Å². The molecule has 0 radical (unpaired) electrons. The third kappa shape index (κ3) is 2.85. The molecule has 6 heteroatoms. The number of rotatable bonds is 4. The van der Waals surface area contributed by atoms with Gasteiger partial charge >= 0.3 is 0 Å². The maximum Gasteiger partial charge on any atom is 0.255 e. The van der Waals surface area contributed by atoms with Crippen molar-refractivity contribution in [2.75, 3.05) is 0 Å². The number of hydrogen-bond donors (Lipinski definition) is 0. The first-order valence-electron chi connectivity index (χ1n) is 8.81. The zero-order valence-electron chi connectivity index (χ0n) is 15.2. The summed E-state index contributed by atoms with van der Waals surface area (Å²) in [6, 6.07) is 8.62. The fourth-order valence-electron chi connectivity index (χ4n) is 3.46. The molecule has 2 aromatic heterocycles. The van der Waals surface area contributed by atoms with Gasteiger partial charge in [0.05, 0.1) is 16.6 Å². The van der Waals surface area contributed by atoms with Crippen LogP contribution < -0.4 is 0 Å². The lowest BCUT2D eigenvalue weighted by atomic mass is 10.1. The van der Waals surface area contributed by atoms with Crippen LogP contribution in [0.1, 0.15) is 40.2 Å². The van der Waals surface area contributed by atoms with Crippen molar-refractivity contribution >= 4 is 16.9 Å². The van der Waals surface area contributed by atoms with E-state index in [9.17, 15) is 9.18 Å². The van der Waals surface area contributed by atoms with E-state index in [2.05, 4.69) is 10.1 Å². The summed E-state index contributed by atoms with van der Waals surface area (Å²) in [5, 5.41) is 5.20. The molecular weight excluding hydrogens is 331 g/mol. The molecule has 0 aliphatic heterocycles. The number of carbonyl (C=O) groups excluding carboxylic acids is 1. The first kappa shape index (κ1) is 16.7. The Labute approximate surface area is 151 Å². The fourth-order valence-corrected chi connectivity index (χ4v) is 3.46. The van der Waals surface area contributed by atoms with Crippen LogP contribution in [-0.4, -0.2) is 31.6 Å². The van der Waals surface area contributed by atoms with Crippen molar-refractivity contribution in [2.24, 2.45) is 7.05 Å². The van der Waals surface area contributed by atoms with Crippen molar-refractivity contribution in [1.29, 1.82) is 0 Å². The molecule has 0 saturated heterocycles. The van der Waals surface area contributed by atoms with Crippen LogP contribution in [-0.2, 0) is 13.6 Å². The SMILES string of the molecule is Cc1cc(C(=O)N(Cc2ccccc2F)C2CC2)c2c(C)nn(C)c2n1. The first-order chi connectivity index (χ1) is 12.5. The lowest BCUT2D eigenvalue weighted by Gasteiger charge is -2.23. The summed E-state index contributed by atoms with van der Waals surface area (Å²) in [5.41, 5.74) is 3.39. The minimum Gasteiger partial charge on any atom is -0.331 e. The Morgan fingerprint density at radius 1 is 1.31 bits per heavy atom. The number of amides is 1. The third-order valence-corrected chi connectivity index (χ3v) is 4.87. The maximum absolute atomic E-state index is 14.1. The number of halogens is 1. The van der Waals surface area contributed by atoms with E-state index in [-0.39, 0.29) is 24.3 Å². The zero-order chi connectivity index (χ0) is 18.4. The summed E-state index contributed by atoms with van der Waals surface area (Å²) in [7, 11) is 1.83. The number of fused-ring (bicyclic) bond motifs is 1. The molecule has 1 saturated carbocycles. The van der Waals surface area contributed by atoms with E-state index in [1.54, 1.807) is 27.8 Å². The molecule has 1 amide bonds. The van der Waals surface area contributed by atoms with Crippen LogP contribution in [0.2, 0.25) is 0 Å². The number of pyridine rings is 1. The van der Waals surface area contributed by atoms with Gasteiger partial charge < -0.3 is 4.90 Å². The Morgan fingerprint density at radius 2 is 2.04 bits per heavy atom. The number of hydrogen-bond acceptors (Lipinski definition) is 3. The van der Waals surface area contributed by atoms with E-state index < -0.39 is 0 Å². The number of benzene rings is 1. The van der Waals surface area contributed by atoms with E-state index in [4.69, 9.17) is 0 Å². The number of nitrogens with zero attached hydrogens (tertiary/aromatic N) is 4. The van der Waals surface area contributed by atoms with Gasteiger partial charge in [-0.15, -0.1) is 0 Å². The summed E-state index contributed by atoms with van der Waals surface area (Å²) in [6.45, 7) is 4.03. The molecule has 5 nitrogen and oxygen atoms in total. The van der Waals surface area contributed by atoms with Crippen molar-refractivity contribution in [3.05, 3.63) is 58.7 Å². The maximum atomic E-state index is 14.1. The second-order valence-corrected chi connectivity index (χ2v) is 6.97. The highest BCUT2D eigenvalue weighted by Gasteiger charge is 2.34. The van der Waals surface area contributed by atoms with Gasteiger partial charge in [0.25, 0.3) is 5.91 Å². The van der Waals surface area contributed by atoms with Crippen LogP contribution in [0.3, 0.4) is 0 Å². The Balaban J connectivity index is 1.78. The van der Waals surface area contributed by atoms with Crippen molar-refractivity contribution in [3.63, 3.8) is 0 Å². The molecule has 0 unspecified atom stereocenters. The third-order valence-electron chi connectivity index (χ3n) is 4.87. The fraction of sp³-hybridized carbons (Fsp3) is 0.350. The van der Waals surface area contributed by atoms with E-state index in [0.717, 1.165) is 29.6 Å². The topological polar surface area (TPSA) is 51.0 Å². The van der Waals surface area contributed by atoms with E-state index in [1.807, 2.05) is 27.0 Å². The van der Waals surface area contributed by atoms with E-state index in [1.165, 1.54) is 6.07 Å². The summed E-state index contributed by atoms with van der Waals surface area (Å²) >= 11 is 0. The standard InChI is InChI=1S/C20H21FN4O/c1-12-10-16(18-13(2)23-24(3)19(18)22-12)20(26)25(15-8-9-15)11-14-6-4-5-7-17(14)21/h4-7,10,15H,8-9,11H2,1-3H3. The quantitative estimate of drug-likeness (QED) is 0.722. The second kappa shape index (κ2) is 6.20. The Hall–Kier alpha value is -2.76. The minimum atomic E-state index is -0.278. The van der Waals surface area contributed by atoms with Crippen molar-refractivity contribution in [2.45, 2.75) is 39.3 Å². The lowest BCUT2D eigenvalue weighted by molar-refractivity contribution is 0.0730. The highest BCUT2D eigenvalue weighted by atomic mass is 19.1. The minimum absolute atomic E-state index is 0.0812. The van der Waals surface area contributed by atoms with E-state index in [0.29, 0.717) is 16.8 Å². The Kier molecular flexibility index (Phi) is 3.98. The van der Waals surface area contributed by atoms with Gasteiger partial charge in [0.2, 0.25) is 0 Å². The Morgan fingerprint density at radius 3 is 2.73 bits per heavy atom. The number of aromatic nitrogens is 3. The summed E-state index contributed by atoms with van der Waals surface area (Å²) < 4.78 is 15.8. The lowest BCUT2D eigenvalue weighted by Crippen LogP contribution is -2.33. The molecule has 1 aliphatic carbocycles. The summed E-state index contributed by atoms with van der Waals surface area (Å²) in [6.07, 6.45) is 1.92. The Bertz CT molecular complexity index is 1010. The number of carbonyl (C=O) groups is 1. The molecule has 1 aromatic carbocycles. The monoisotopic (exact) mass is 352 g/mol.